The molecule has 0 saturated carbocycles. The first-order chi connectivity index (χ1) is 69.0. The van der Waals surface area contributed by atoms with E-state index in [0.717, 1.165) is 37.1 Å². The van der Waals surface area contributed by atoms with Crippen LogP contribution in [0.15, 0.2) is 83.7 Å². The molecule has 804 valence electrons. The van der Waals surface area contributed by atoms with E-state index in [2.05, 4.69) is 49.8 Å². The summed E-state index contributed by atoms with van der Waals surface area (Å²) in [6.45, 7) is -20.2. The second-order valence-corrected chi connectivity index (χ2v) is 45.5. The second-order valence-electron chi connectivity index (χ2n) is 33.4. The average molecular weight is 2220 g/mol. The quantitative estimate of drug-likeness (QED) is 0.0111. The van der Waals surface area contributed by atoms with Gasteiger partial charge in [0, 0.05) is 89.0 Å². The number of aliphatic hydroxyl groups is 1. The van der Waals surface area contributed by atoms with E-state index >= 15 is 23.8 Å². The van der Waals surface area contributed by atoms with Gasteiger partial charge in [-0.15, -0.1) is 0 Å². The number of hydrogen-bond donors (Lipinski definition) is 7. The lowest BCUT2D eigenvalue weighted by atomic mass is 10.1. The molecule has 11 unspecified atom stereocenters. The molecule has 0 aliphatic carbocycles. The van der Waals surface area contributed by atoms with Crippen LogP contribution in [0.1, 0.15) is 85.8 Å². The van der Waals surface area contributed by atoms with E-state index < -0.39 is 255 Å². The summed E-state index contributed by atoms with van der Waals surface area (Å²) in [7, 11) is 0.542. The molecule has 28 atom stereocenters. The summed E-state index contributed by atoms with van der Waals surface area (Å²) >= 11 is 22.5. The third-order valence-corrected chi connectivity index (χ3v) is 30.7. The maximum absolute atomic E-state index is 15.6. The molecule has 0 amide bonds. The molecular formula is C77H107N19O40P5S4-5. The van der Waals surface area contributed by atoms with Crippen molar-refractivity contribution in [1.29, 1.82) is 0 Å². The number of methoxy groups -OCH3 is 5. The van der Waals surface area contributed by atoms with Crippen LogP contribution in [-0.4, -0.2) is 321 Å². The fraction of sp³-hybridized carbons (Fsp3) is 0.662. The number of hydrogen-bond acceptors (Lipinski definition) is 54. The van der Waals surface area contributed by atoms with Crippen molar-refractivity contribution in [2.75, 3.05) is 152 Å². The number of fused-ring (bicyclic) bond motifs is 2. The summed E-state index contributed by atoms with van der Waals surface area (Å²) in [6.07, 6.45) is -27.3. The molecule has 0 spiro atoms. The molecule has 59 nitrogen and oxygen atoms in total. The predicted molar refractivity (Wildman–Crippen MR) is 502 cm³/mol. The lowest BCUT2D eigenvalue weighted by Crippen LogP contribution is -2.42. The van der Waals surface area contributed by atoms with Crippen molar-refractivity contribution in [1.82, 2.24) is 77.2 Å². The maximum Gasteiger partial charge on any atom is 0.351 e. The molecule has 0 bridgehead atoms. The van der Waals surface area contributed by atoms with E-state index in [-0.39, 0.29) is 128 Å². The molecular weight excluding hydrogens is 2110 g/mol. The first-order valence-corrected chi connectivity index (χ1v) is 56.2. The normalized spacial score (nSPS) is 29.2. The minimum atomic E-state index is -6.16. The van der Waals surface area contributed by atoms with Crippen LogP contribution in [0.4, 0.5) is 17.5 Å². The molecule has 0 aromatic carbocycles. The minimum absolute atomic E-state index is 0.000617. The number of rotatable bonds is 53. The number of phosphoric ester groups is 1. The standard InChI is InChI=1S/C77H112N19O40P5S4/c1-11-12-41-42(23-48(126-41)91-25-38(3)66(98)88-75(91)102)132-138(107,142)123-31-46-54(59(119-21-16-114-9)70(129-46)92-24-37(2)61(78)87-74(92)101)135-140(109,144)124-30-45-52(57(117-19-14-112-7)72(130-45)95-35-85-49-62(79)81-33-83-64(49)95)133-137(105,106)121-29-44-53(58(118-20-15-113-8)71(128-44)94-27-40(5)68(100)90-77(94)104)134-141(110,145)125-32-47-55(60(120-22-17-115-10)73(131-47)96-36-86-50-63(80)82-34-84-65(50)96)136-139(108,143)122-28-43-51(97)56(116-18-13-111-6)69(127-43)93-26-39(4)67(99)89-76(93)103/h24-27,33-36,41-48,51-60,69-73,97H,11-23,28-32H2,1-10H3,(H,105,106)(H,107,142)(H,108,143)(H,109,144)(H,110,145)(H2,78,87,101)(H2,79,81,83)(H2,80,82,84)(H,88,98,102)(H,89,99,103)(H,90,100,104)/p-5/t41-,42?,43-,44-,45-,46-,47-,48-,51?,52?,53?,54?,55?,56+,57+,58+,59+,60+,69-,70-,71-,72-,73-,138?,139?,140?,141?/m1/s1. The fourth-order valence-electron chi connectivity index (χ4n) is 16.6. The Bertz CT molecular complexity index is 6530. The SMILES string of the molecule is CCC[C@H]1O[C@@H](n2cc(C)c(=O)[nH]c2=O)CC1OP([O-])(=S)OC[C@H]1O[C@@H](n2cc(C)c(N)nc2=O)[C@@H](OCCOC)C1OP(=O)([S-])OC[C@H]1O[C@@H](n2cnc3c(N)ncnc32)[C@@H](OCCOC)C1OP(=O)([O-])OC[C@H]1O[C@@H](n2cc(C)c(=O)[nH]c2=O)[C@@H](OCCOC)C1OP([O-])(=S)OC[C@H]1O[C@@H](n2cnc3c(N)ncnc32)[C@@H](OCCOC)C1OP([O-])(=S)OC[C@H]1O[C@@H](n2cc(C)c(=O)[nH]c2=O)[C@@H](OCCOC)C1O. The molecule has 10 N–H and O–H groups in total. The van der Waals surface area contributed by atoms with Gasteiger partial charge in [-0.2, -0.15) is 4.98 Å². The Morgan fingerprint density at radius 3 is 1.21 bits per heavy atom. The average Bonchev–Trinajstić information content (AvgIpc) is 1.74. The molecule has 0 radical (unpaired) electrons. The zero-order valence-electron chi connectivity index (χ0n) is 78.9. The number of imidazole rings is 2. The van der Waals surface area contributed by atoms with E-state index in [0.29, 0.717) is 12.8 Å². The summed E-state index contributed by atoms with van der Waals surface area (Å²) < 4.78 is 194. The number of aromatic amines is 3. The van der Waals surface area contributed by atoms with E-state index in [1.54, 1.807) is 0 Å². The number of ether oxygens (including phenoxy) is 16. The third-order valence-electron chi connectivity index (χ3n) is 23.5. The van der Waals surface area contributed by atoms with E-state index in [9.17, 15) is 43.6 Å². The van der Waals surface area contributed by atoms with Gasteiger partial charge in [0.1, 0.15) is 147 Å². The van der Waals surface area contributed by atoms with Gasteiger partial charge in [-0.3, -0.25) is 65.9 Å². The highest BCUT2D eigenvalue weighted by atomic mass is 32.7. The Balaban J connectivity index is 0.759. The zero-order valence-corrected chi connectivity index (χ0v) is 86.6. The van der Waals surface area contributed by atoms with Crippen LogP contribution in [0.3, 0.4) is 0 Å². The summed E-state index contributed by atoms with van der Waals surface area (Å²) in [6, 6.07) is 0. The number of nitrogens with one attached hydrogen (secondary N) is 3. The summed E-state index contributed by atoms with van der Waals surface area (Å²) in [5.41, 5.74) is 13.0. The Hall–Kier alpha value is -7.06. The number of nitrogen functional groups attached to an aromatic ring is 3. The van der Waals surface area contributed by atoms with Crippen LogP contribution in [0.5, 0.6) is 0 Å². The van der Waals surface area contributed by atoms with Gasteiger partial charge < -0.3 is 175 Å². The minimum Gasteiger partial charge on any atom is -0.780 e. The summed E-state index contributed by atoms with van der Waals surface area (Å²) in [4.78, 5) is 189. The fourth-order valence-corrected chi connectivity index (χ4v) is 23.2. The van der Waals surface area contributed by atoms with Gasteiger partial charge in [-0.05, 0) is 34.1 Å². The van der Waals surface area contributed by atoms with Crippen molar-refractivity contribution in [3.8, 4) is 0 Å². The van der Waals surface area contributed by atoms with Crippen molar-refractivity contribution < 1.29 is 155 Å². The number of H-pyrrole nitrogens is 3. The third kappa shape index (κ3) is 27.4. The first-order valence-electron chi connectivity index (χ1n) is 44.5. The smallest absolute Gasteiger partial charge is 0.351 e. The topological polar surface area (TPSA) is 751 Å². The van der Waals surface area contributed by atoms with Gasteiger partial charge in [0.25, 0.3) is 24.5 Å². The van der Waals surface area contributed by atoms with Gasteiger partial charge >= 0.3 is 22.8 Å². The molecule has 6 aliphatic heterocycles. The maximum atomic E-state index is 15.6. The van der Waals surface area contributed by atoms with E-state index in [4.69, 9.17) is 186 Å². The van der Waals surface area contributed by atoms with E-state index in [1.807, 2.05) is 6.92 Å². The van der Waals surface area contributed by atoms with Crippen molar-refractivity contribution in [2.45, 2.75) is 195 Å². The molecule has 6 fully saturated rings. The number of aryl methyl sites for hydroxylation is 4. The number of phosphoric acid groups is 1. The summed E-state index contributed by atoms with van der Waals surface area (Å²) in [5, 5.41) is 11.8. The van der Waals surface area contributed by atoms with Gasteiger partial charge in [0.15, 0.2) is 60.9 Å². The molecule has 8 aromatic rings. The van der Waals surface area contributed by atoms with Crippen LogP contribution in [0.2, 0.25) is 0 Å². The van der Waals surface area contributed by atoms with Crippen molar-refractivity contribution >= 4 is 122 Å². The van der Waals surface area contributed by atoms with Crippen molar-refractivity contribution in [3.05, 3.63) is 145 Å². The number of nitrogens with two attached hydrogens (primary N) is 3. The highest BCUT2D eigenvalue weighted by Crippen LogP contribution is 2.57. The molecule has 68 heteroatoms. The largest absolute Gasteiger partial charge is 0.780 e. The molecule has 8 aromatic heterocycles. The van der Waals surface area contributed by atoms with Gasteiger partial charge in [-0.25, -0.2) is 49.1 Å². The lowest BCUT2D eigenvalue weighted by Gasteiger charge is -2.37. The first kappa shape index (κ1) is 114. The second kappa shape index (κ2) is 49.6. The Kier molecular flexibility index (Phi) is 38.8. The molecule has 6 saturated heterocycles. The predicted octanol–water partition coefficient (Wildman–Crippen LogP) is -3.47. The lowest BCUT2D eigenvalue weighted by molar-refractivity contribution is -0.238. The van der Waals surface area contributed by atoms with Crippen molar-refractivity contribution in [2.24, 2.45) is 0 Å². The van der Waals surface area contributed by atoms with Crippen LogP contribution in [-0.2, 0) is 178 Å². The van der Waals surface area contributed by atoms with Crippen LogP contribution in [0.25, 0.3) is 22.3 Å². The number of aromatic nitrogens is 16. The highest BCUT2D eigenvalue weighted by Gasteiger charge is 2.57. The van der Waals surface area contributed by atoms with Gasteiger partial charge in [0.2, 0.25) is 0 Å². The monoisotopic (exact) mass is 2220 g/mol. The van der Waals surface area contributed by atoms with Gasteiger partial charge in [0.05, 0.1) is 124 Å². The zero-order chi connectivity index (χ0) is 104. The highest BCUT2D eigenvalue weighted by molar-refractivity contribution is 8.32. The molecule has 14 heterocycles. The Labute approximate surface area is 842 Å². The summed E-state index contributed by atoms with van der Waals surface area (Å²) in [5.74, 6) is -0.394. The van der Waals surface area contributed by atoms with Crippen LogP contribution in [0, 0.1) is 27.7 Å². The molecule has 145 heavy (non-hydrogen) atoms. The number of aliphatic hydroxyl groups excluding tert-OH is 1. The van der Waals surface area contributed by atoms with E-state index in [1.165, 1.54) is 104 Å². The van der Waals surface area contributed by atoms with Gasteiger partial charge in [-0.1, -0.05) is 48.8 Å². The van der Waals surface area contributed by atoms with Crippen LogP contribution < -0.4 is 76.2 Å². The van der Waals surface area contributed by atoms with Crippen LogP contribution >= 0.6 is 34.8 Å². The molecule has 14 rings (SSSR count). The van der Waals surface area contributed by atoms with Crippen molar-refractivity contribution in [3.63, 3.8) is 0 Å². The Morgan fingerprint density at radius 1 is 0.421 bits per heavy atom. The number of nitrogens with zero attached hydrogens (tertiary/aromatic N) is 13. The number of anilines is 3. The Morgan fingerprint density at radius 2 is 0.772 bits per heavy atom. The molecule has 6 aliphatic rings.